The first kappa shape index (κ1) is 27.0. The van der Waals surface area contributed by atoms with Crippen LogP contribution in [-0.2, 0) is 26.2 Å². The number of benzene rings is 2. The number of rotatable bonds is 10. The maximum Gasteiger partial charge on any atom is 0.244 e. The Hall–Kier alpha value is -2.29. The van der Waals surface area contributed by atoms with Gasteiger partial charge in [-0.15, -0.1) is 0 Å². The first-order valence-electron chi connectivity index (χ1n) is 10.5. The van der Waals surface area contributed by atoms with Crippen molar-refractivity contribution < 1.29 is 18.0 Å². The molecule has 180 valence electrons. The summed E-state index contributed by atoms with van der Waals surface area (Å²) in [6.45, 7) is 5.04. The van der Waals surface area contributed by atoms with E-state index in [0.29, 0.717) is 0 Å². The zero-order valence-corrected chi connectivity index (χ0v) is 21.4. The van der Waals surface area contributed by atoms with Crippen LogP contribution in [0.2, 0.25) is 10.0 Å². The van der Waals surface area contributed by atoms with Gasteiger partial charge >= 0.3 is 0 Å². The topological polar surface area (TPSA) is 86.8 Å². The summed E-state index contributed by atoms with van der Waals surface area (Å²) in [5.41, 5.74) is 0.900. The fraction of sp³-hybridized carbons (Fsp3) is 0.391. The molecule has 0 spiro atoms. The normalized spacial score (nSPS) is 13.2. The van der Waals surface area contributed by atoms with Gasteiger partial charge in [-0.3, -0.25) is 13.9 Å². The van der Waals surface area contributed by atoms with Gasteiger partial charge in [0, 0.05) is 12.6 Å². The molecule has 0 saturated heterocycles. The van der Waals surface area contributed by atoms with E-state index in [9.17, 15) is 18.0 Å². The van der Waals surface area contributed by atoms with Gasteiger partial charge in [-0.2, -0.15) is 0 Å². The first-order valence-corrected chi connectivity index (χ1v) is 13.1. The van der Waals surface area contributed by atoms with Crippen molar-refractivity contribution in [3.8, 4) is 0 Å². The van der Waals surface area contributed by atoms with Gasteiger partial charge in [0.1, 0.15) is 12.6 Å². The predicted octanol–water partition coefficient (Wildman–Crippen LogP) is 4.09. The zero-order chi connectivity index (χ0) is 24.8. The number of carbonyl (C=O) groups is 2. The maximum absolute atomic E-state index is 13.4. The summed E-state index contributed by atoms with van der Waals surface area (Å²) in [5.74, 6) is -0.868. The van der Waals surface area contributed by atoms with Gasteiger partial charge in [0.05, 0.1) is 22.0 Å². The van der Waals surface area contributed by atoms with Crippen LogP contribution in [0.3, 0.4) is 0 Å². The Morgan fingerprint density at radius 3 is 2.24 bits per heavy atom. The standard InChI is InChI=1S/C23H29Cl2N3O4S/c1-5-16(2)26-23(30)17(3)27(14-18-10-7-6-8-11-18)21(29)15-28(33(4,31)32)20-13-9-12-19(24)22(20)25/h6-13,16-17H,5,14-15H2,1-4H3,(H,26,30)/t16-,17+/m0/s1. The van der Waals surface area contributed by atoms with Crippen molar-refractivity contribution in [2.45, 2.75) is 45.8 Å². The van der Waals surface area contributed by atoms with Gasteiger partial charge in [0.15, 0.2) is 0 Å². The summed E-state index contributed by atoms with van der Waals surface area (Å²) in [4.78, 5) is 27.6. The third-order valence-electron chi connectivity index (χ3n) is 5.24. The summed E-state index contributed by atoms with van der Waals surface area (Å²) in [6, 6.07) is 12.8. The van der Waals surface area contributed by atoms with Crippen LogP contribution in [0.25, 0.3) is 0 Å². The lowest BCUT2D eigenvalue weighted by Crippen LogP contribution is -2.52. The van der Waals surface area contributed by atoms with Crippen LogP contribution in [0.5, 0.6) is 0 Å². The van der Waals surface area contributed by atoms with Crippen molar-refractivity contribution in [1.29, 1.82) is 0 Å². The lowest BCUT2D eigenvalue weighted by molar-refractivity contribution is -0.139. The van der Waals surface area contributed by atoms with Crippen molar-refractivity contribution in [3.63, 3.8) is 0 Å². The molecule has 10 heteroatoms. The molecule has 0 aliphatic rings. The number of carbonyl (C=O) groups excluding carboxylic acids is 2. The van der Waals surface area contributed by atoms with E-state index in [1.165, 1.54) is 17.0 Å². The Kier molecular flexibility index (Phi) is 9.57. The first-order chi connectivity index (χ1) is 15.5. The fourth-order valence-electron chi connectivity index (χ4n) is 3.11. The quantitative estimate of drug-likeness (QED) is 0.518. The number of hydrogen-bond acceptors (Lipinski definition) is 4. The minimum atomic E-state index is -3.89. The Balaban J connectivity index is 2.40. The van der Waals surface area contributed by atoms with Crippen LogP contribution < -0.4 is 9.62 Å². The van der Waals surface area contributed by atoms with Crippen LogP contribution in [0, 0.1) is 0 Å². The molecular formula is C23H29Cl2N3O4S. The molecule has 0 aliphatic heterocycles. The third kappa shape index (κ3) is 7.35. The number of amides is 2. The lowest BCUT2D eigenvalue weighted by atomic mass is 10.1. The summed E-state index contributed by atoms with van der Waals surface area (Å²) in [6.07, 6.45) is 1.72. The van der Waals surface area contributed by atoms with Crippen LogP contribution in [0.1, 0.15) is 32.8 Å². The van der Waals surface area contributed by atoms with Crippen molar-refractivity contribution in [1.82, 2.24) is 10.2 Å². The molecule has 7 nitrogen and oxygen atoms in total. The Morgan fingerprint density at radius 1 is 1.03 bits per heavy atom. The van der Waals surface area contributed by atoms with Gasteiger partial charge in [-0.25, -0.2) is 8.42 Å². The molecule has 2 amide bonds. The number of hydrogen-bond donors (Lipinski definition) is 1. The molecule has 0 unspecified atom stereocenters. The molecule has 2 rings (SSSR count). The molecule has 0 aliphatic carbocycles. The SMILES string of the molecule is CC[C@H](C)NC(=O)[C@@H](C)N(Cc1ccccc1)C(=O)CN(c1cccc(Cl)c1Cl)S(C)(=O)=O. The van der Waals surface area contributed by atoms with Gasteiger partial charge in [-0.05, 0) is 38.0 Å². The molecule has 0 fully saturated rings. The van der Waals surface area contributed by atoms with E-state index in [0.717, 1.165) is 22.5 Å². The van der Waals surface area contributed by atoms with Crippen LogP contribution in [-0.4, -0.2) is 50.0 Å². The zero-order valence-electron chi connectivity index (χ0n) is 19.1. The second-order valence-corrected chi connectivity index (χ2v) is 10.5. The van der Waals surface area contributed by atoms with Gasteiger partial charge in [-0.1, -0.05) is 66.5 Å². The second-order valence-electron chi connectivity index (χ2n) is 7.84. The van der Waals surface area contributed by atoms with Crippen molar-refractivity contribution in [2.24, 2.45) is 0 Å². The van der Waals surface area contributed by atoms with E-state index in [4.69, 9.17) is 23.2 Å². The molecule has 0 radical (unpaired) electrons. The van der Waals surface area contributed by atoms with E-state index in [1.54, 1.807) is 13.0 Å². The summed E-state index contributed by atoms with van der Waals surface area (Å²) < 4.78 is 26.1. The van der Waals surface area contributed by atoms with E-state index >= 15 is 0 Å². The fourth-order valence-corrected chi connectivity index (χ4v) is 4.41. The Morgan fingerprint density at radius 2 is 1.67 bits per heavy atom. The summed E-state index contributed by atoms with van der Waals surface area (Å²) >= 11 is 12.3. The predicted molar refractivity (Wildman–Crippen MR) is 133 cm³/mol. The molecular weight excluding hydrogens is 485 g/mol. The Labute approximate surface area is 205 Å². The lowest BCUT2D eigenvalue weighted by Gasteiger charge is -2.32. The van der Waals surface area contributed by atoms with E-state index < -0.39 is 28.5 Å². The molecule has 0 heterocycles. The molecule has 2 atom stereocenters. The highest BCUT2D eigenvalue weighted by molar-refractivity contribution is 7.92. The smallest absolute Gasteiger partial charge is 0.244 e. The highest BCUT2D eigenvalue weighted by Gasteiger charge is 2.31. The third-order valence-corrected chi connectivity index (χ3v) is 7.18. The molecule has 1 N–H and O–H groups in total. The molecule has 2 aromatic rings. The number of nitrogens with one attached hydrogen (secondary N) is 1. The average Bonchev–Trinajstić information content (AvgIpc) is 2.77. The monoisotopic (exact) mass is 513 g/mol. The van der Waals surface area contributed by atoms with E-state index in [-0.39, 0.29) is 34.2 Å². The summed E-state index contributed by atoms with van der Waals surface area (Å²) in [7, 11) is -3.89. The molecule has 0 saturated carbocycles. The second kappa shape index (κ2) is 11.7. The van der Waals surface area contributed by atoms with Crippen molar-refractivity contribution >= 4 is 50.7 Å². The van der Waals surface area contributed by atoms with E-state index in [1.807, 2.05) is 44.2 Å². The maximum atomic E-state index is 13.4. The highest BCUT2D eigenvalue weighted by atomic mass is 35.5. The molecule has 33 heavy (non-hydrogen) atoms. The highest BCUT2D eigenvalue weighted by Crippen LogP contribution is 2.33. The van der Waals surface area contributed by atoms with Crippen molar-refractivity contribution in [2.75, 3.05) is 17.1 Å². The van der Waals surface area contributed by atoms with Crippen LogP contribution in [0.4, 0.5) is 5.69 Å². The van der Waals surface area contributed by atoms with Crippen LogP contribution >= 0.6 is 23.2 Å². The largest absolute Gasteiger partial charge is 0.352 e. The van der Waals surface area contributed by atoms with Gasteiger partial charge in [0.2, 0.25) is 21.8 Å². The molecule has 2 aromatic carbocycles. The van der Waals surface area contributed by atoms with Gasteiger partial charge in [0.25, 0.3) is 0 Å². The van der Waals surface area contributed by atoms with Crippen molar-refractivity contribution in [3.05, 3.63) is 64.1 Å². The van der Waals surface area contributed by atoms with Gasteiger partial charge < -0.3 is 10.2 Å². The summed E-state index contributed by atoms with van der Waals surface area (Å²) in [5, 5.41) is 3.07. The number of halogens is 2. The Bertz CT molecular complexity index is 1080. The average molecular weight is 514 g/mol. The number of sulfonamides is 1. The number of nitrogens with zero attached hydrogens (tertiary/aromatic N) is 2. The molecule has 0 bridgehead atoms. The minimum Gasteiger partial charge on any atom is -0.352 e. The molecule has 0 aromatic heterocycles. The number of anilines is 1. The minimum absolute atomic E-state index is 0.0227. The van der Waals surface area contributed by atoms with Crippen LogP contribution in [0.15, 0.2) is 48.5 Å². The van der Waals surface area contributed by atoms with E-state index in [2.05, 4.69) is 5.32 Å².